The Labute approximate surface area is 226 Å². The molecule has 0 spiro atoms. The summed E-state index contributed by atoms with van der Waals surface area (Å²) in [6, 6.07) is 7.42. The Hall–Kier alpha value is -0.400. The van der Waals surface area contributed by atoms with Gasteiger partial charge in [0.15, 0.2) is 0 Å². The molecule has 0 aliphatic rings. The van der Waals surface area contributed by atoms with Crippen molar-refractivity contribution in [2.24, 2.45) is 0 Å². The van der Waals surface area contributed by atoms with Crippen LogP contribution in [0.1, 0.15) is 96.8 Å². The molecule has 0 heterocycles. The topological polar surface area (TPSA) is 80.7 Å². The van der Waals surface area contributed by atoms with E-state index in [2.05, 4.69) is 23.8 Å². The first kappa shape index (κ1) is 33.8. The molecule has 32 heavy (non-hydrogen) atoms. The van der Waals surface area contributed by atoms with Crippen molar-refractivity contribution in [1.82, 2.24) is 0 Å². The third kappa shape index (κ3) is 22.8. The summed E-state index contributed by atoms with van der Waals surface area (Å²) in [6.07, 6.45) is 22.0. The summed E-state index contributed by atoms with van der Waals surface area (Å²) in [4.78, 5) is 10.8. The molecule has 0 saturated heterocycles. The Balaban J connectivity index is 0. The van der Waals surface area contributed by atoms with Crippen LogP contribution in [-0.4, -0.2) is 63.8 Å². The Kier molecular flexibility index (Phi) is 25.1. The van der Waals surface area contributed by atoms with Crippen molar-refractivity contribution >= 4 is 53.8 Å². The Morgan fingerprint density at radius 1 is 0.844 bits per heavy atom. The predicted octanol–water partition coefficient (Wildman–Crippen LogP) is 6.21. The molecule has 0 bridgehead atoms. The number of benzene rings is 1. The molecule has 0 fully saturated rings. The van der Waals surface area contributed by atoms with Crippen LogP contribution in [0, 0.1) is 0 Å². The quantitative estimate of drug-likeness (QED) is 0.0967. The van der Waals surface area contributed by atoms with Crippen molar-refractivity contribution in [3.05, 3.63) is 42.5 Å². The van der Waals surface area contributed by atoms with Gasteiger partial charge in [-0.25, -0.2) is 0 Å². The van der Waals surface area contributed by atoms with Gasteiger partial charge in [-0.05, 0) is 44.2 Å². The van der Waals surface area contributed by atoms with Crippen molar-refractivity contribution in [2.75, 3.05) is 7.11 Å². The van der Waals surface area contributed by atoms with E-state index in [0.29, 0.717) is 6.42 Å². The number of rotatable bonds is 16. The number of carbonyl (C=O) groups is 1. The predicted molar refractivity (Wildman–Crippen MR) is 136 cm³/mol. The van der Waals surface area contributed by atoms with Crippen LogP contribution in [0.25, 0.3) is 0 Å². The molecule has 0 unspecified atom stereocenters. The van der Waals surface area contributed by atoms with Gasteiger partial charge < -0.3 is 4.74 Å². The van der Waals surface area contributed by atoms with E-state index in [0.717, 1.165) is 12.8 Å². The molecule has 1 aromatic rings. The van der Waals surface area contributed by atoms with Gasteiger partial charge in [-0.1, -0.05) is 88.6 Å². The molecule has 1 N–H and O–H groups in total. The van der Waals surface area contributed by atoms with Crippen LogP contribution in [0.15, 0.2) is 47.4 Å². The van der Waals surface area contributed by atoms with E-state index in [1.165, 1.54) is 89.9 Å². The number of hydrogen-bond acceptors (Lipinski definition) is 4. The molecule has 0 aliphatic carbocycles. The van der Waals surface area contributed by atoms with E-state index in [4.69, 9.17) is 4.55 Å². The normalized spacial score (nSPS) is 10.8. The Morgan fingerprint density at radius 2 is 1.31 bits per heavy atom. The first-order chi connectivity index (χ1) is 14.9. The van der Waals surface area contributed by atoms with Crippen molar-refractivity contribution < 1.29 is 22.5 Å². The second-order valence-corrected chi connectivity index (χ2v) is 9.12. The van der Waals surface area contributed by atoms with Gasteiger partial charge in [0.1, 0.15) is 0 Å². The van der Waals surface area contributed by atoms with E-state index < -0.39 is 10.1 Å². The van der Waals surface area contributed by atoms with Gasteiger partial charge in [0, 0.05) is 6.42 Å². The van der Waals surface area contributed by atoms with Crippen LogP contribution < -0.4 is 0 Å². The molecule has 5 nitrogen and oxygen atoms in total. The third-order valence-corrected chi connectivity index (χ3v) is 5.78. The summed E-state index contributed by atoms with van der Waals surface area (Å²) in [5.41, 5.74) is 0. The zero-order chi connectivity index (χ0) is 23.2. The molecular formula is C25H44CaO5S. The number of allylic oxidation sites excluding steroid dienone is 2. The van der Waals surface area contributed by atoms with Crippen LogP contribution in [0.3, 0.4) is 0 Å². The molecule has 0 saturated carbocycles. The molecule has 0 amide bonds. The van der Waals surface area contributed by atoms with Gasteiger partial charge in [0.25, 0.3) is 10.1 Å². The number of unbranched alkanes of at least 4 members (excludes halogenated alkanes) is 11. The van der Waals surface area contributed by atoms with Crippen molar-refractivity contribution in [1.29, 1.82) is 0 Å². The Morgan fingerprint density at radius 3 is 1.75 bits per heavy atom. The van der Waals surface area contributed by atoms with E-state index >= 15 is 0 Å². The number of esters is 1. The van der Waals surface area contributed by atoms with Gasteiger partial charge in [-0.15, -0.1) is 0 Å². The summed E-state index contributed by atoms with van der Waals surface area (Å²) in [5, 5.41) is 0. The fraction of sp³-hybridized carbons (Fsp3) is 0.640. The average molecular weight is 497 g/mol. The summed E-state index contributed by atoms with van der Waals surface area (Å²) in [5.74, 6) is -0.0763. The molecular weight excluding hydrogens is 452 g/mol. The Bertz CT molecular complexity index is 675. The maximum atomic E-state index is 10.9. The monoisotopic (exact) mass is 496 g/mol. The first-order valence-electron chi connectivity index (χ1n) is 11.7. The summed E-state index contributed by atoms with van der Waals surface area (Å²) >= 11 is 0. The third-order valence-electron chi connectivity index (χ3n) is 4.91. The SMILES string of the molecule is CCCCCCCC/C=C\CCCCCCCC(=O)OC.O=S(=O)(O)c1ccccc1.[CaH2]. The molecule has 1 aromatic carbocycles. The van der Waals surface area contributed by atoms with E-state index in [9.17, 15) is 13.2 Å². The van der Waals surface area contributed by atoms with E-state index in [-0.39, 0.29) is 48.6 Å². The standard InChI is InChI=1S/C19H36O2.C6H6O3S.Ca.2H/c1-3-4-5-6-7-8-9-10-11-12-13-14-15-16-17-18-19(20)21-2;7-10(8,9)6-4-2-1-3-5-6;;;/h10-11H,3-9,12-18H2,1-2H3;1-5H,(H,7,8,9);;;/b11-10-;;;;. The minimum absolute atomic E-state index is 0. The van der Waals surface area contributed by atoms with Crippen LogP contribution in [0.4, 0.5) is 0 Å². The fourth-order valence-electron chi connectivity index (χ4n) is 3.03. The molecule has 1 rings (SSSR count). The molecule has 0 aromatic heterocycles. The van der Waals surface area contributed by atoms with Crippen molar-refractivity contribution in [3.63, 3.8) is 0 Å². The average Bonchev–Trinajstić information content (AvgIpc) is 2.76. The van der Waals surface area contributed by atoms with Gasteiger partial charge in [0.2, 0.25) is 0 Å². The van der Waals surface area contributed by atoms with Gasteiger partial charge >= 0.3 is 43.7 Å². The summed E-state index contributed by atoms with van der Waals surface area (Å²) in [7, 11) is -2.54. The minimum atomic E-state index is -4.00. The summed E-state index contributed by atoms with van der Waals surface area (Å²) in [6.45, 7) is 2.27. The van der Waals surface area contributed by atoms with Crippen LogP contribution in [0.5, 0.6) is 0 Å². The zero-order valence-electron chi connectivity index (χ0n) is 19.4. The van der Waals surface area contributed by atoms with E-state index in [1.807, 2.05) is 0 Å². The van der Waals surface area contributed by atoms with Gasteiger partial charge in [-0.2, -0.15) is 8.42 Å². The molecule has 7 heteroatoms. The molecule has 182 valence electrons. The van der Waals surface area contributed by atoms with Crippen molar-refractivity contribution in [3.8, 4) is 0 Å². The second-order valence-electron chi connectivity index (χ2n) is 7.70. The zero-order valence-corrected chi connectivity index (χ0v) is 20.2. The first-order valence-corrected chi connectivity index (χ1v) is 13.1. The van der Waals surface area contributed by atoms with E-state index in [1.54, 1.807) is 18.2 Å². The van der Waals surface area contributed by atoms with Gasteiger partial charge in [-0.3, -0.25) is 9.35 Å². The second kappa shape index (κ2) is 23.7. The summed E-state index contributed by atoms with van der Waals surface area (Å²) < 4.78 is 33.9. The number of carbonyl (C=O) groups excluding carboxylic acids is 1. The van der Waals surface area contributed by atoms with Crippen LogP contribution in [0.2, 0.25) is 0 Å². The molecule has 0 radical (unpaired) electrons. The fourth-order valence-corrected chi connectivity index (χ4v) is 3.54. The molecule has 0 aliphatic heterocycles. The van der Waals surface area contributed by atoms with Crippen molar-refractivity contribution in [2.45, 2.75) is 102 Å². The number of methoxy groups -OCH3 is 1. The van der Waals surface area contributed by atoms with Crippen LogP contribution >= 0.6 is 0 Å². The van der Waals surface area contributed by atoms with Gasteiger partial charge in [0.05, 0.1) is 12.0 Å². The maximum absolute atomic E-state index is 10.9. The van der Waals surface area contributed by atoms with Crippen LogP contribution in [-0.2, 0) is 19.6 Å². The number of hydrogen-bond donors (Lipinski definition) is 1. The molecule has 0 atom stereocenters. The number of ether oxygens (including phenoxy) is 1.